The molecule has 0 saturated carbocycles. The molecule has 2 N–H and O–H groups in total. The third-order valence-electron chi connectivity index (χ3n) is 3.78. The summed E-state index contributed by atoms with van der Waals surface area (Å²) < 4.78 is 19.6. The van der Waals surface area contributed by atoms with Crippen molar-refractivity contribution in [2.75, 3.05) is 5.32 Å². The summed E-state index contributed by atoms with van der Waals surface area (Å²) in [6.45, 7) is 0. The van der Waals surface area contributed by atoms with Crippen LogP contribution in [0.1, 0.15) is 10.4 Å². The Morgan fingerprint density at radius 3 is 2.81 bits per heavy atom. The Hall–Kier alpha value is -4.01. The number of carbonyl (C=O) groups is 1. The van der Waals surface area contributed by atoms with Gasteiger partial charge in [0.05, 0.1) is 11.8 Å². The number of hydrogen-bond donors (Lipinski definition) is 2. The minimum atomic E-state index is -0.667. The summed E-state index contributed by atoms with van der Waals surface area (Å²) in [4.78, 5) is 25.9. The van der Waals surface area contributed by atoms with Crippen LogP contribution in [0.5, 0.6) is 0 Å². The van der Waals surface area contributed by atoms with Gasteiger partial charge in [0.15, 0.2) is 5.82 Å². The number of anilines is 1. The molecule has 0 aliphatic heterocycles. The molecule has 0 fully saturated rings. The average Bonchev–Trinajstić information content (AvgIpc) is 3.32. The average molecular weight is 365 g/mol. The van der Waals surface area contributed by atoms with Crippen LogP contribution in [0.4, 0.5) is 10.1 Å². The SMILES string of the molecule is O=C(Nc1cccc(-c2noc(=O)[nH]2)c1)c1cnn(-c2ccccc2F)c1. The number of nitrogens with zero attached hydrogens (tertiary/aromatic N) is 3. The van der Waals surface area contributed by atoms with Gasteiger partial charge in [-0.2, -0.15) is 5.10 Å². The quantitative estimate of drug-likeness (QED) is 0.578. The fraction of sp³-hybridized carbons (Fsp3) is 0. The fourth-order valence-corrected chi connectivity index (χ4v) is 2.51. The Kier molecular flexibility index (Phi) is 4.09. The van der Waals surface area contributed by atoms with Crippen LogP contribution >= 0.6 is 0 Å². The number of carbonyl (C=O) groups excluding carboxylic acids is 1. The van der Waals surface area contributed by atoms with Crippen molar-refractivity contribution < 1.29 is 13.7 Å². The molecule has 0 unspecified atom stereocenters. The number of halogens is 1. The molecule has 0 bridgehead atoms. The normalized spacial score (nSPS) is 10.7. The number of H-pyrrole nitrogens is 1. The lowest BCUT2D eigenvalue weighted by Crippen LogP contribution is -2.11. The number of hydrogen-bond acceptors (Lipinski definition) is 5. The summed E-state index contributed by atoms with van der Waals surface area (Å²) in [7, 11) is 0. The van der Waals surface area contributed by atoms with Crippen molar-refractivity contribution in [1.29, 1.82) is 0 Å². The number of aromatic amines is 1. The Balaban J connectivity index is 1.55. The van der Waals surface area contributed by atoms with Gasteiger partial charge in [0, 0.05) is 17.4 Å². The summed E-state index contributed by atoms with van der Waals surface area (Å²) in [5.74, 6) is -1.27. The van der Waals surface area contributed by atoms with E-state index in [1.165, 1.54) is 23.1 Å². The Bertz CT molecular complexity index is 1180. The van der Waals surface area contributed by atoms with Crippen LogP contribution in [-0.2, 0) is 0 Å². The Morgan fingerprint density at radius 1 is 1.19 bits per heavy atom. The highest BCUT2D eigenvalue weighted by molar-refractivity contribution is 6.04. The van der Waals surface area contributed by atoms with Crippen LogP contribution in [0.3, 0.4) is 0 Å². The summed E-state index contributed by atoms with van der Waals surface area (Å²) in [5, 5.41) is 10.4. The van der Waals surface area contributed by atoms with Crippen molar-refractivity contribution in [2.45, 2.75) is 0 Å². The molecule has 4 rings (SSSR count). The predicted molar refractivity (Wildman–Crippen MR) is 94.0 cm³/mol. The second-order valence-electron chi connectivity index (χ2n) is 5.60. The molecule has 1 amide bonds. The van der Waals surface area contributed by atoms with Crippen LogP contribution in [0, 0.1) is 5.82 Å². The topological polar surface area (TPSA) is 106 Å². The zero-order valence-electron chi connectivity index (χ0n) is 13.7. The molecule has 2 heterocycles. The van der Waals surface area contributed by atoms with E-state index >= 15 is 0 Å². The Labute approximate surface area is 151 Å². The lowest BCUT2D eigenvalue weighted by atomic mass is 10.2. The number of amides is 1. The zero-order chi connectivity index (χ0) is 18.8. The first-order valence-corrected chi connectivity index (χ1v) is 7.87. The molecule has 2 aromatic heterocycles. The van der Waals surface area contributed by atoms with Crippen LogP contribution in [-0.4, -0.2) is 25.8 Å². The molecular weight excluding hydrogens is 353 g/mol. The van der Waals surface area contributed by atoms with E-state index < -0.39 is 17.5 Å². The van der Waals surface area contributed by atoms with Crippen LogP contribution in [0.15, 0.2) is 70.2 Å². The van der Waals surface area contributed by atoms with Gasteiger partial charge < -0.3 is 5.32 Å². The maximum Gasteiger partial charge on any atom is 0.439 e. The van der Waals surface area contributed by atoms with E-state index in [4.69, 9.17) is 0 Å². The van der Waals surface area contributed by atoms with Crippen molar-refractivity contribution in [3.63, 3.8) is 0 Å². The molecule has 0 aliphatic carbocycles. The molecule has 4 aromatic rings. The minimum Gasteiger partial charge on any atom is -0.322 e. The maximum atomic E-state index is 13.8. The van der Waals surface area contributed by atoms with Gasteiger partial charge in [0.1, 0.15) is 11.5 Å². The fourth-order valence-electron chi connectivity index (χ4n) is 2.51. The molecule has 134 valence electrons. The highest BCUT2D eigenvalue weighted by Crippen LogP contribution is 2.19. The standard InChI is InChI=1S/C18H12FN5O3/c19-14-6-1-2-7-15(14)24-10-12(9-20-24)17(25)21-13-5-3-4-11(8-13)16-22-18(26)27-23-16/h1-10H,(H,21,25)(H,22,23,26). The van der Waals surface area contributed by atoms with Crippen LogP contribution in [0.2, 0.25) is 0 Å². The van der Waals surface area contributed by atoms with E-state index in [0.717, 1.165) is 0 Å². The van der Waals surface area contributed by atoms with Gasteiger partial charge in [0.2, 0.25) is 0 Å². The highest BCUT2D eigenvalue weighted by atomic mass is 19.1. The first kappa shape index (κ1) is 16.5. The molecule has 9 heteroatoms. The third kappa shape index (κ3) is 3.38. The van der Waals surface area contributed by atoms with Crippen molar-refractivity contribution in [3.05, 3.63) is 82.9 Å². The first-order valence-electron chi connectivity index (χ1n) is 7.87. The van der Waals surface area contributed by atoms with E-state index in [1.807, 2.05) is 0 Å². The first-order chi connectivity index (χ1) is 13.1. The monoisotopic (exact) mass is 365 g/mol. The molecule has 0 aliphatic rings. The number of rotatable bonds is 4. The van der Waals surface area contributed by atoms with E-state index in [9.17, 15) is 14.0 Å². The molecule has 8 nitrogen and oxygen atoms in total. The van der Waals surface area contributed by atoms with E-state index in [0.29, 0.717) is 11.3 Å². The molecule has 0 saturated heterocycles. The van der Waals surface area contributed by atoms with Gasteiger partial charge in [0.25, 0.3) is 5.91 Å². The summed E-state index contributed by atoms with van der Waals surface area (Å²) in [6.07, 6.45) is 2.79. The van der Waals surface area contributed by atoms with E-state index in [2.05, 4.69) is 25.1 Å². The molecule has 0 radical (unpaired) electrons. The third-order valence-corrected chi connectivity index (χ3v) is 3.78. The predicted octanol–water partition coefficient (Wildman–Crippen LogP) is 2.61. The van der Waals surface area contributed by atoms with E-state index in [-0.39, 0.29) is 17.1 Å². The van der Waals surface area contributed by atoms with Crippen molar-refractivity contribution in [2.24, 2.45) is 0 Å². The van der Waals surface area contributed by atoms with E-state index in [1.54, 1.807) is 42.5 Å². The van der Waals surface area contributed by atoms with Gasteiger partial charge in [-0.25, -0.2) is 13.9 Å². The van der Waals surface area contributed by atoms with Gasteiger partial charge in [-0.3, -0.25) is 14.3 Å². The summed E-state index contributed by atoms with van der Waals surface area (Å²) in [5.41, 5.74) is 1.56. The lowest BCUT2D eigenvalue weighted by molar-refractivity contribution is 0.102. The summed E-state index contributed by atoms with van der Waals surface area (Å²) in [6, 6.07) is 12.8. The maximum absolute atomic E-state index is 13.8. The molecular formula is C18H12FN5O3. The number of nitrogens with one attached hydrogen (secondary N) is 2. The van der Waals surface area contributed by atoms with Crippen molar-refractivity contribution >= 4 is 11.6 Å². The second kappa shape index (κ2) is 6.71. The number of aromatic nitrogens is 4. The molecule has 0 spiro atoms. The zero-order valence-corrected chi connectivity index (χ0v) is 13.7. The molecule has 2 aromatic carbocycles. The Morgan fingerprint density at radius 2 is 2.04 bits per heavy atom. The minimum absolute atomic E-state index is 0.244. The largest absolute Gasteiger partial charge is 0.439 e. The van der Waals surface area contributed by atoms with Crippen molar-refractivity contribution in [3.8, 4) is 17.1 Å². The number of benzene rings is 2. The van der Waals surface area contributed by atoms with Gasteiger partial charge in [-0.15, -0.1) is 0 Å². The van der Waals surface area contributed by atoms with Crippen LogP contribution < -0.4 is 11.1 Å². The van der Waals surface area contributed by atoms with Gasteiger partial charge in [-0.1, -0.05) is 29.4 Å². The van der Waals surface area contributed by atoms with Gasteiger partial charge >= 0.3 is 5.76 Å². The smallest absolute Gasteiger partial charge is 0.322 e. The number of para-hydroxylation sites is 1. The lowest BCUT2D eigenvalue weighted by Gasteiger charge is -2.05. The second-order valence-corrected chi connectivity index (χ2v) is 5.60. The molecule has 0 atom stereocenters. The summed E-state index contributed by atoms with van der Waals surface area (Å²) >= 11 is 0. The van der Waals surface area contributed by atoms with Gasteiger partial charge in [-0.05, 0) is 24.3 Å². The van der Waals surface area contributed by atoms with Crippen molar-refractivity contribution in [1.82, 2.24) is 19.9 Å². The van der Waals surface area contributed by atoms with Crippen LogP contribution in [0.25, 0.3) is 17.1 Å². The highest BCUT2D eigenvalue weighted by Gasteiger charge is 2.12. The molecule has 27 heavy (non-hydrogen) atoms.